The largest absolute Gasteiger partial charge is 0.323 e. The molecule has 0 spiro atoms. The Morgan fingerprint density at radius 3 is 2.54 bits per heavy atom. The van der Waals surface area contributed by atoms with Crippen LogP contribution >= 0.6 is 22.9 Å². The van der Waals surface area contributed by atoms with Gasteiger partial charge in [0.2, 0.25) is 5.91 Å². The first-order chi connectivity index (χ1) is 12.5. The molecule has 3 rings (SSSR count). The molecule has 6 heteroatoms. The fraction of sp³-hybridized carbons (Fsp3) is 0.150. The van der Waals surface area contributed by atoms with Crippen molar-refractivity contribution in [2.75, 3.05) is 5.32 Å². The lowest BCUT2D eigenvalue weighted by Crippen LogP contribution is -2.40. The Kier molecular flexibility index (Phi) is 6.04. The van der Waals surface area contributed by atoms with Gasteiger partial charge in [-0.2, -0.15) is 0 Å². The summed E-state index contributed by atoms with van der Waals surface area (Å²) in [4.78, 5) is 13.7. The van der Waals surface area contributed by atoms with Gasteiger partial charge >= 0.3 is 0 Å². The van der Waals surface area contributed by atoms with E-state index in [1.54, 1.807) is 18.3 Å². The van der Waals surface area contributed by atoms with Gasteiger partial charge < -0.3 is 5.32 Å². The van der Waals surface area contributed by atoms with Crippen molar-refractivity contribution in [3.05, 3.63) is 87.3 Å². The predicted molar refractivity (Wildman–Crippen MR) is 105 cm³/mol. The van der Waals surface area contributed by atoms with Crippen LogP contribution in [-0.2, 0) is 4.79 Å². The van der Waals surface area contributed by atoms with E-state index in [0.717, 1.165) is 10.4 Å². The maximum absolute atomic E-state index is 13.2. The molecule has 3 aromatic rings. The van der Waals surface area contributed by atoms with Crippen LogP contribution in [0.25, 0.3) is 0 Å². The van der Waals surface area contributed by atoms with E-state index >= 15 is 0 Å². The van der Waals surface area contributed by atoms with E-state index in [2.05, 4.69) is 10.6 Å². The van der Waals surface area contributed by atoms with Crippen molar-refractivity contribution in [2.24, 2.45) is 0 Å². The van der Waals surface area contributed by atoms with Crippen molar-refractivity contribution in [3.8, 4) is 0 Å². The molecule has 0 bridgehead atoms. The number of hydrogen-bond donors (Lipinski definition) is 2. The molecule has 2 N–H and O–H groups in total. The fourth-order valence-corrected chi connectivity index (χ4v) is 3.63. The van der Waals surface area contributed by atoms with E-state index in [1.807, 2.05) is 47.8 Å². The van der Waals surface area contributed by atoms with Crippen LogP contribution in [0.4, 0.5) is 10.1 Å². The maximum atomic E-state index is 13.2. The molecule has 0 radical (unpaired) electrons. The number of rotatable bonds is 6. The van der Waals surface area contributed by atoms with Crippen LogP contribution in [0.5, 0.6) is 0 Å². The molecule has 1 amide bonds. The predicted octanol–water partition coefficient (Wildman–Crippen LogP) is 5.25. The zero-order valence-corrected chi connectivity index (χ0v) is 15.7. The molecule has 1 aromatic heterocycles. The first-order valence-corrected chi connectivity index (χ1v) is 9.40. The summed E-state index contributed by atoms with van der Waals surface area (Å²) >= 11 is 7.62. The van der Waals surface area contributed by atoms with Crippen LogP contribution in [0, 0.1) is 5.82 Å². The van der Waals surface area contributed by atoms with Crippen molar-refractivity contribution in [1.82, 2.24) is 5.32 Å². The highest BCUT2D eigenvalue weighted by atomic mass is 35.5. The standard InChI is InChI=1S/C20H18ClFN2OS/c1-13(20(25)24-17-10-9-15(22)12-16(17)21)23-19(18-8-5-11-26-18)14-6-3-2-4-7-14/h2-13,19,23H,1H3,(H,24,25)/t13-,19-/m0/s1. The van der Waals surface area contributed by atoms with Crippen LogP contribution in [0.2, 0.25) is 5.02 Å². The van der Waals surface area contributed by atoms with Gasteiger partial charge in [0, 0.05) is 4.88 Å². The molecule has 0 saturated heterocycles. The minimum Gasteiger partial charge on any atom is -0.323 e. The number of anilines is 1. The van der Waals surface area contributed by atoms with Crippen LogP contribution in [0.3, 0.4) is 0 Å². The van der Waals surface area contributed by atoms with Crippen molar-refractivity contribution in [2.45, 2.75) is 19.0 Å². The van der Waals surface area contributed by atoms with Crippen LogP contribution in [0.1, 0.15) is 23.4 Å². The Labute approximate surface area is 160 Å². The molecule has 26 heavy (non-hydrogen) atoms. The summed E-state index contributed by atoms with van der Waals surface area (Å²) in [6.07, 6.45) is 0. The summed E-state index contributed by atoms with van der Waals surface area (Å²) in [5.41, 5.74) is 1.47. The smallest absolute Gasteiger partial charge is 0.241 e. The van der Waals surface area contributed by atoms with Crippen molar-refractivity contribution in [3.63, 3.8) is 0 Å². The average molecular weight is 389 g/mol. The first-order valence-electron chi connectivity index (χ1n) is 8.15. The maximum Gasteiger partial charge on any atom is 0.241 e. The van der Waals surface area contributed by atoms with Gasteiger partial charge in [-0.3, -0.25) is 10.1 Å². The molecule has 0 fully saturated rings. The van der Waals surface area contributed by atoms with Crippen molar-refractivity contribution in [1.29, 1.82) is 0 Å². The molecule has 0 unspecified atom stereocenters. The number of carbonyl (C=O) groups is 1. The van der Waals surface area contributed by atoms with Gasteiger partial charge in [-0.1, -0.05) is 48.0 Å². The summed E-state index contributed by atoms with van der Waals surface area (Å²) < 4.78 is 13.2. The fourth-order valence-electron chi connectivity index (χ4n) is 2.60. The van der Waals surface area contributed by atoms with E-state index in [1.165, 1.54) is 18.2 Å². The molecule has 0 aliphatic heterocycles. The van der Waals surface area contributed by atoms with Crippen LogP contribution < -0.4 is 10.6 Å². The zero-order valence-electron chi connectivity index (χ0n) is 14.1. The second-order valence-electron chi connectivity index (χ2n) is 5.86. The molecule has 0 saturated carbocycles. The molecular weight excluding hydrogens is 371 g/mol. The quantitative estimate of drug-likeness (QED) is 0.605. The van der Waals surface area contributed by atoms with E-state index in [-0.39, 0.29) is 17.0 Å². The Balaban J connectivity index is 1.75. The Morgan fingerprint density at radius 2 is 1.88 bits per heavy atom. The second-order valence-corrected chi connectivity index (χ2v) is 7.25. The summed E-state index contributed by atoms with van der Waals surface area (Å²) in [7, 11) is 0. The molecule has 1 heterocycles. The molecule has 3 nitrogen and oxygen atoms in total. The van der Waals surface area contributed by atoms with Gasteiger partial charge in [0.15, 0.2) is 0 Å². The Hall–Kier alpha value is -2.21. The number of halogens is 2. The third-order valence-corrected chi connectivity index (χ3v) is 5.21. The highest BCUT2D eigenvalue weighted by Gasteiger charge is 2.22. The lowest BCUT2D eigenvalue weighted by Gasteiger charge is -2.23. The lowest BCUT2D eigenvalue weighted by molar-refractivity contribution is -0.117. The van der Waals surface area contributed by atoms with Gasteiger partial charge in [-0.05, 0) is 42.1 Å². The van der Waals surface area contributed by atoms with E-state index in [9.17, 15) is 9.18 Å². The Morgan fingerprint density at radius 1 is 1.12 bits per heavy atom. The topological polar surface area (TPSA) is 41.1 Å². The average Bonchev–Trinajstić information content (AvgIpc) is 3.17. The normalized spacial score (nSPS) is 13.2. The van der Waals surface area contributed by atoms with Crippen LogP contribution in [-0.4, -0.2) is 11.9 Å². The minimum absolute atomic E-state index is 0.0966. The van der Waals surface area contributed by atoms with Gasteiger partial charge in [0.25, 0.3) is 0 Å². The molecule has 2 aromatic carbocycles. The molecule has 134 valence electrons. The van der Waals surface area contributed by atoms with Gasteiger partial charge in [0.1, 0.15) is 5.82 Å². The molecule has 0 aliphatic carbocycles. The SMILES string of the molecule is C[C@H](N[C@@H](c1ccccc1)c1cccs1)C(=O)Nc1ccc(F)cc1Cl. The van der Waals surface area contributed by atoms with Crippen LogP contribution in [0.15, 0.2) is 66.0 Å². The van der Waals surface area contributed by atoms with Crippen molar-refractivity contribution < 1.29 is 9.18 Å². The van der Waals surface area contributed by atoms with Gasteiger partial charge in [-0.25, -0.2) is 4.39 Å². The molecular formula is C20H18ClFN2OS. The number of nitrogens with one attached hydrogen (secondary N) is 2. The summed E-state index contributed by atoms with van der Waals surface area (Å²) in [5, 5.41) is 8.29. The van der Waals surface area contributed by atoms with Gasteiger partial charge in [-0.15, -0.1) is 11.3 Å². The Bertz CT molecular complexity index is 871. The van der Waals surface area contributed by atoms with Crippen molar-refractivity contribution >= 4 is 34.5 Å². The summed E-state index contributed by atoms with van der Waals surface area (Å²) in [6.45, 7) is 1.79. The molecule has 2 atom stereocenters. The number of carbonyl (C=O) groups excluding carboxylic acids is 1. The number of amides is 1. The summed E-state index contributed by atoms with van der Waals surface area (Å²) in [6, 6.07) is 17.3. The third-order valence-electron chi connectivity index (χ3n) is 3.96. The van der Waals surface area contributed by atoms with E-state index in [0.29, 0.717) is 5.69 Å². The number of benzene rings is 2. The number of thiophene rings is 1. The summed E-state index contributed by atoms with van der Waals surface area (Å²) in [5.74, 6) is -0.683. The second kappa shape index (κ2) is 8.45. The third kappa shape index (κ3) is 4.49. The molecule has 0 aliphatic rings. The number of hydrogen-bond acceptors (Lipinski definition) is 3. The monoisotopic (exact) mass is 388 g/mol. The minimum atomic E-state index is -0.483. The van der Waals surface area contributed by atoms with E-state index in [4.69, 9.17) is 11.6 Å². The zero-order chi connectivity index (χ0) is 18.5. The lowest BCUT2D eigenvalue weighted by atomic mass is 10.0. The first kappa shape index (κ1) is 18.6. The highest BCUT2D eigenvalue weighted by Crippen LogP contribution is 2.27. The highest BCUT2D eigenvalue weighted by molar-refractivity contribution is 7.10. The van der Waals surface area contributed by atoms with Gasteiger partial charge in [0.05, 0.1) is 22.8 Å². The van der Waals surface area contributed by atoms with E-state index < -0.39 is 11.9 Å².